The second kappa shape index (κ2) is 5.02. The van der Waals surface area contributed by atoms with Crippen molar-refractivity contribution in [2.75, 3.05) is 11.9 Å². The normalized spacial score (nSPS) is 10.7. The predicted octanol–water partition coefficient (Wildman–Crippen LogP) is 4.47. The third-order valence-corrected chi connectivity index (χ3v) is 3.15. The van der Waals surface area contributed by atoms with Crippen molar-refractivity contribution in [1.82, 2.24) is 4.98 Å². The lowest BCUT2D eigenvalue weighted by atomic mass is 10.2. The highest BCUT2D eigenvalue weighted by Gasteiger charge is 2.06. The molecule has 0 saturated heterocycles. The Bertz CT molecular complexity index is 514. The zero-order valence-corrected chi connectivity index (χ0v) is 11.3. The van der Waals surface area contributed by atoms with Crippen molar-refractivity contribution in [2.24, 2.45) is 0 Å². The summed E-state index contributed by atoms with van der Waals surface area (Å²) in [6.07, 6.45) is 2.89. The number of aromatic nitrogens is 1. The van der Waals surface area contributed by atoms with Gasteiger partial charge in [0.25, 0.3) is 0 Å². The highest BCUT2D eigenvalue weighted by Crippen LogP contribution is 2.30. The monoisotopic (exact) mass is 298 g/mol. The van der Waals surface area contributed by atoms with Crippen LogP contribution >= 0.6 is 27.5 Å². The molecule has 2 aromatic rings. The molecule has 0 aliphatic rings. The van der Waals surface area contributed by atoms with E-state index < -0.39 is 0 Å². The van der Waals surface area contributed by atoms with Crippen LogP contribution in [-0.4, -0.2) is 11.5 Å². The number of nitrogens with one attached hydrogen (secondary N) is 1. The van der Waals surface area contributed by atoms with Crippen molar-refractivity contribution in [2.45, 2.75) is 13.3 Å². The molecule has 0 amide bonds. The molecule has 16 heavy (non-hydrogen) atoms. The summed E-state index contributed by atoms with van der Waals surface area (Å²) in [4.78, 5) is 4.35. The Hall–Kier alpha value is -0.800. The summed E-state index contributed by atoms with van der Waals surface area (Å²) in [5.74, 6) is 0. The predicted molar refractivity (Wildman–Crippen MR) is 73.2 cm³/mol. The first-order valence-electron chi connectivity index (χ1n) is 5.20. The van der Waals surface area contributed by atoms with Crippen molar-refractivity contribution in [1.29, 1.82) is 0 Å². The van der Waals surface area contributed by atoms with Crippen LogP contribution in [0.3, 0.4) is 0 Å². The molecule has 1 aromatic carbocycles. The third-order valence-electron chi connectivity index (χ3n) is 2.33. The lowest BCUT2D eigenvalue weighted by Crippen LogP contribution is -2.00. The highest BCUT2D eigenvalue weighted by atomic mass is 79.9. The van der Waals surface area contributed by atoms with Crippen molar-refractivity contribution < 1.29 is 0 Å². The van der Waals surface area contributed by atoms with E-state index in [4.69, 9.17) is 11.6 Å². The molecule has 0 aliphatic heterocycles. The Kier molecular flexibility index (Phi) is 3.66. The molecule has 1 heterocycles. The summed E-state index contributed by atoms with van der Waals surface area (Å²) < 4.78 is 0.926. The first-order chi connectivity index (χ1) is 7.72. The Balaban J connectivity index is 2.57. The van der Waals surface area contributed by atoms with Crippen molar-refractivity contribution >= 4 is 44.1 Å². The smallest absolute Gasteiger partial charge is 0.0865 e. The van der Waals surface area contributed by atoms with Crippen molar-refractivity contribution in [3.05, 3.63) is 33.9 Å². The minimum atomic E-state index is 0.715. The van der Waals surface area contributed by atoms with E-state index in [2.05, 4.69) is 33.2 Å². The molecule has 0 atom stereocenters. The highest BCUT2D eigenvalue weighted by molar-refractivity contribution is 9.10. The molecule has 0 unspecified atom stereocenters. The fraction of sp³-hybridized carbons (Fsp3) is 0.250. The van der Waals surface area contributed by atoms with E-state index >= 15 is 0 Å². The van der Waals surface area contributed by atoms with Crippen LogP contribution in [-0.2, 0) is 0 Å². The first kappa shape index (κ1) is 11.7. The van der Waals surface area contributed by atoms with Gasteiger partial charge in [0.15, 0.2) is 0 Å². The Morgan fingerprint density at radius 2 is 2.25 bits per heavy atom. The topological polar surface area (TPSA) is 24.9 Å². The van der Waals surface area contributed by atoms with Gasteiger partial charge in [-0.25, -0.2) is 0 Å². The summed E-state index contributed by atoms with van der Waals surface area (Å²) in [7, 11) is 0. The lowest BCUT2D eigenvalue weighted by molar-refractivity contribution is 0.981. The van der Waals surface area contributed by atoms with Gasteiger partial charge in [0.05, 0.1) is 5.52 Å². The van der Waals surface area contributed by atoms with Gasteiger partial charge in [0.1, 0.15) is 0 Å². The number of nitrogens with zero attached hydrogens (tertiary/aromatic N) is 1. The summed E-state index contributed by atoms with van der Waals surface area (Å²) >= 11 is 9.52. The number of halogens is 2. The van der Waals surface area contributed by atoms with Gasteiger partial charge < -0.3 is 5.32 Å². The van der Waals surface area contributed by atoms with Gasteiger partial charge in [-0.1, -0.05) is 18.5 Å². The second-order valence-corrected chi connectivity index (χ2v) is 4.86. The summed E-state index contributed by atoms with van der Waals surface area (Å²) in [6.45, 7) is 3.09. The fourth-order valence-electron chi connectivity index (χ4n) is 1.59. The van der Waals surface area contributed by atoms with Crippen molar-refractivity contribution in [3.63, 3.8) is 0 Å². The van der Waals surface area contributed by atoms with E-state index in [1.807, 2.05) is 18.2 Å². The number of anilines is 1. The number of fused-ring (bicyclic) bond motifs is 1. The van der Waals surface area contributed by atoms with Gasteiger partial charge in [-0.05, 0) is 40.5 Å². The van der Waals surface area contributed by atoms with Crippen LogP contribution in [0.25, 0.3) is 10.9 Å². The van der Waals surface area contributed by atoms with Crippen molar-refractivity contribution in [3.8, 4) is 0 Å². The van der Waals surface area contributed by atoms with Gasteiger partial charge in [-0.15, -0.1) is 0 Å². The summed E-state index contributed by atoms with van der Waals surface area (Å²) in [5, 5.41) is 5.14. The molecule has 1 aromatic heterocycles. The Morgan fingerprint density at radius 1 is 1.44 bits per heavy atom. The maximum atomic E-state index is 6.04. The SMILES string of the molecule is CCCNc1ccnc2c(Br)cc(Cl)cc12. The molecule has 2 nitrogen and oxygen atoms in total. The molecule has 0 aliphatic carbocycles. The summed E-state index contributed by atoms with van der Waals surface area (Å²) in [6, 6.07) is 5.77. The van der Waals surface area contributed by atoms with E-state index in [1.54, 1.807) is 6.20 Å². The zero-order chi connectivity index (χ0) is 11.5. The van der Waals surface area contributed by atoms with E-state index in [9.17, 15) is 0 Å². The quantitative estimate of drug-likeness (QED) is 0.904. The minimum Gasteiger partial charge on any atom is -0.384 e. The number of hydrogen-bond donors (Lipinski definition) is 1. The largest absolute Gasteiger partial charge is 0.384 e. The average molecular weight is 300 g/mol. The van der Waals surface area contributed by atoms with Crippen LogP contribution < -0.4 is 5.32 Å². The van der Waals surface area contributed by atoms with Crippen LogP contribution in [0.2, 0.25) is 5.02 Å². The lowest BCUT2D eigenvalue weighted by Gasteiger charge is -2.09. The fourth-order valence-corrected chi connectivity index (χ4v) is 2.51. The third kappa shape index (κ3) is 2.30. The number of hydrogen-bond acceptors (Lipinski definition) is 2. The standard InChI is InChI=1S/C12H12BrClN2/c1-2-4-15-11-3-5-16-12-9(11)6-8(14)7-10(12)13/h3,5-7H,2,4H2,1H3,(H,15,16). The minimum absolute atomic E-state index is 0.715. The van der Waals surface area contributed by atoms with Crippen LogP contribution in [0.4, 0.5) is 5.69 Å². The maximum Gasteiger partial charge on any atom is 0.0865 e. The molecule has 0 spiro atoms. The van der Waals surface area contributed by atoms with E-state index in [-0.39, 0.29) is 0 Å². The van der Waals surface area contributed by atoms with Gasteiger partial charge in [-0.2, -0.15) is 0 Å². The molecule has 1 N–H and O–H groups in total. The van der Waals surface area contributed by atoms with Crippen LogP contribution in [0, 0.1) is 0 Å². The number of benzene rings is 1. The Labute approximate surface area is 108 Å². The van der Waals surface area contributed by atoms with Crippen LogP contribution in [0.1, 0.15) is 13.3 Å². The van der Waals surface area contributed by atoms with E-state index in [1.165, 1.54) is 0 Å². The molecule has 0 fully saturated rings. The van der Waals surface area contributed by atoms with E-state index in [0.29, 0.717) is 5.02 Å². The molecular formula is C12H12BrClN2. The molecular weight excluding hydrogens is 288 g/mol. The molecule has 4 heteroatoms. The molecule has 0 bridgehead atoms. The Morgan fingerprint density at radius 3 is 3.00 bits per heavy atom. The van der Waals surface area contributed by atoms with Gasteiger partial charge in [0.2, 0.25) is 0 Å². The van der Waals surface area contributed by atoms with Crippen LogP contribution in [0.15, 0.2) is 28.9 Å². The maximum absolute atomic E-state index is 6.04. The first-order valence-corrected chi connectivity index (χ1v) is 6.37. The second-order valence-electron chi connectivity index (χ2n) is 3.57. The molecule has 2 rings (SSSR count). The van der Waals surface area contributed by atoms with Gasteiger partial charge >= 0.3 is 0 Å². The average Bonchev–Trinajstić information content (AvgIpc) is 2.26. The van der Waals surface area contributed by atoms with E-state index in [0.717, 1.165) is 34.0 Å². The van der Waals surface area contributed by atoms with Crippen LogP contribution in [0.5, 0.6) is 0 Å². The number of pyridine rings is 1. The molecule has 84 valence electrons. The number of rotatable bonds is 3. The van der Waals surface area contributed by atoms with Gasteiger partial charge in [0, 0.05) is 33.3 Å². The summed E-state index contributed by atoms with van der Waals surface area (Å²) in [5.41, 5.74) is 2.01. The molecule has 0 radical (unpaired) electrons. The zero-order valence-electron chi connectivity index (χ0n) is 8.93. The molecule has 0 saturated carbocycles. The van der Waals surface area contributed by atoms with Gasteiger partial charge in [-0.3, -0.25) is 4.98 Å².